The zero-order valence-corrected chi connectivity index (χ0v) is 11.3. The van der Waals surface area contributed by atoms with Gasteiger partial charge in [0.15, 0.2) is 0 Å². The maximum absolute atomic E-state index is 11.8. The lowest BCUT2D eigenvalue weighted by molar-refractivity contribution is -0.123. The largest absolute Gasteiger partial charge is 0.385 e. The van der Waals surface area contributed by atoms with Gasteiger partial charge < -0.3 is 15.8 Å². The summed E-state index contributed by atoms with van der Waals surface area (Å²) >= 11 is 0. The third-order valence-electron chi connectivity index (χ3n) is 2.91. The molecule has 1 rings (SSSR count). The molecule has 0 aliphatic carbocycles. The molecule has 0 aromatic heterocycles. The van der Waals surface area contributed by atoms with Gasteiger partial charge in [-0.1, -0.05) is 29.8 Å². The first-order chi connectivity index (χ1) is 8.54. The molecule has 0 saturated carbocycles. The van der Waals surface area contributed by atoms with Crippen LogP contribution in [0.4, 0.5) is 0 Å². The Kier molecular flexibility index (Phi) is 5.82. The average Bonchev–Trinajstić information content (AvgIpc) is 2.36. The number of carbonyl (C=O) groups is 1. The Bertz CT molecular complexity index is 376. The Hall–Kier alpha value is -1.39. The third-order valence-corrected chi connectivity index (χ3v) is 2.91. The predicted molar refractivity (Wildman–Crippen MR) is 72.2 cm³/mol. The normalized spacial score (nSPS) is 14.0. The number of hydrogen-bond acceptors (Lipinski definition) is 3. The maximum atomic E-state index is 11.8. The van der Waals surface area contributed by atoms with Crippen molar-refractivity contribution >= 4 is 5.91 Å². The molecule has 100 valence electrons. The fourth-order valence-electron chi connectivity index (χ4n) is 1.63. The molecule has 18 heavy (non-hydrogen) atoms. The molecular formula is C14H22N2O2. The highest BCUT2D eigenvalue weighted by Gasteiger charge is 2.16. The van der Waals surface area contributed by atoms with Crippen LogP contribution in [0.3, 0.4) is 0 Å². The highest BCUT2D eigenvalue weighted by atomic mass is 16.5. The van der Waals surface area contributed by atoms with Crippen LogP contribution in [0.5, 0.6) is 0 Å². The first-order valence-electron chi connectivity index (χ1n) is 6.16. The minimum atomic E-state index is -0.516. The second-order valence-electron chi connectivity index (χ2n) is 4.53. The third kappa shape index (κ3) is 4.47. The number of aryl methyl sites for hydroxylation is 1. The zero-order chi connectivity index (χ0) is 13.5. The van der Waals surface area contributed by atoms with Gasteiger partial charge >= 0.3 is 0 Å². The summed E-state index contributed by atoms with van der Waals surface area (Å²) in [5.41, 5.74) is 8.04. The van der Waals surface area contributed by atoms with Crippen molar-refractivity contribution in [3.05, 3.63) is 35.4 Å². The summed E-state index contributed by atoms with van der Waals surface area (Å²) in [7, 11) is 1.60. The van der Waals surface area contributed by atoms with Crippen LogP contribution in [-0.2, 0) is 9.53 Å². The molecule has 0 fully saturated rings. The molecule has 0 saturated heterocycles. The number of carbonyl (C=O) groups excluding carboxylic acids is 1. The smallest absolute Gasteiger partial charge is 0.237 e. The molecule has 3 N–H and O–H groups in total. The van der Waals surface area contributed by atoms with E-state index in [-0.39, 0.29) is 11.9 Å². The number of nitrogens with two attached hydrogens (primary N) is 1. The molecule has 0 bridgehead atoms. The van der Waals surface area contributed by atoms with Crippen LogP contribution < -0.4 is 11.1 Å². The van der Waals surface area contributed by atoms with Crippen LogP contribution in [0.1, 0.15) is 30.5 Å². The number of methoxy groups -OCH3 is 1. The van der Waals surface area contributed by atoms with E-state index in [1.54, 1.807) is 7.11 Å². The van der Waals surface area contributed by atoms with Crippen molar-refractivity contribution < 1.29 is 9.53 Å². The van der Waals surface area contributed by atoms with Gasteiger partial charge in [0.1, 0.15) is 0 Å². The first kappa shape index (κ1) is 14.7. The van der Waals surface area contributed by atoms with Gasteiger partial charge in [0.05, 0.1) is 12.1 Å². The molecule has 1 amide bonds. The number of ether oxygens (including phenoxy) is 1. The minimum absolute atomic E-state index is 0.0355. The van der Waals surface area contributed by atoms with Crippen molar-refractivity contribution in [3.8, 4) is 0 Å². The molecule has 0 heterocycles. The van der Waals surface area contributed by atoms with Crippen molar-refractivity contribution in [1.29, 1.82) is 0 Å². The van der Waals surface area contributed by atoms with Crippen molar-refractivity contribution in [1.82, 2.24) is 5.32 Å². The fraction of sp³-hybridized carbons (Fsp3) is 0.500. The Balaban J connectivity index is 2.51. The van der Waals surface area contributed by atoms with Crippen LogP contribution >= 0.6 is 0 Å². The van der Waals surface area contributed by atoms with E-state index in [1.165, 1.54) is 5.56 Å². The number of benzene rings is 1. The summed E-state index contributed by atoms with van der Waals surface area (Å²) in [6.07, 6.45) is 0.531. The zero-order valence-electron chi connectivity index (χ0n) is 11.3. The Morgan fingerprint density at radius 1 is 1.39 bits per heavy atom. The molecule has 1 aromatic rings. The lowest BCUT2D eigenvalue weighted by Crippen LogP contribution is -2.42. The summed E-state index contributed by atoms with van der Waals surface area (Å²) in [6.45, 7) is 4.48. The van der Waals surface area contributed by atoms with Gasteiger partial charge in [-0.2, -0.15) is 0 Å². The van der Waals surface area contributed by atoms with E-state index in [2.05, 4.69) is 5.32 Å². The summed E-state index contributed by atoms with van der Waals surface area (Å²) in [6, 6.07) is 7.54. The Morgan fingerprint density at radius 2 is 2.00 bits per heavy atom. The van der Waals surface area contributed by atoms with Crippen LogP contribution in [-0.4, -0.2) is 25.7 Å². The van der Waals surface area contributed by atoms with Gasteiger partial charge in [0.2, 0.25) is 5.91 Å². The number of amides is 1. The number of rotatable bonds is 6. The lowest BCUT2D eigenvalue weighted by atomic mass is 10.1. The molecular weight excluding hydrogens is 228 g/mol. The Labute approximate surface area is 109 Å². The van der Waals surface area contributed by atoms with Gasteiger partial charge in [0, 0.05) is 13.7 Å². The topological polar surface area (TPSA) is 64.3 Å². The van der Waals surface area contributed by atoms with Gasteiger partial charge in [-0.3, -0.25) is 4.79 Å². The minimum Gasteiger partial charge on any atom is -0.385 e. The predicted octanol–water partition coefficient (Wildman–Crippen LogP) is 1.54. The second-order valence-corrected chi connectivity index (χ2v) is 4.53. The molecule has 4 heteroatoms. The van der Waals surface area contributed by atoms with E-state index in [1.807, 2.05) is 38.1 Å². The van der Waals surface area contributed by atoms with Gasteiger partial charge in [-0.15, -0.1) is 0 Å². The second kappa shape index (κ2) is 7.13. The summed E-state index contributed by atoms with van der Waals surface area (Å²) in [5, 5.41) is 2.90. The van der Waals surface area contributed by atoms with Crippen molar-refractivity contribution in [2.45, 2.75) is 32.4 Å². The number of hydrogen-bond donors (Lipinski definition) is 2. The molecule has 1 aromatic carbocycles. The van der Waals surface area contributed by atoms with Crippen molar-refractivity contribution in [2.24, 2.45) is 5.73 Å². The Morgan fingerprint density at radius 3 is 2.56 bits per heavy atom. The molecule has 0 aliphatic heterocycles. The molecule has 0 radical (unpaired) electrons. The van der Waals surface area contributed by atoms with Crippen molar-refractivity contribution in [3.63, 3.8) is 0 Å². The van der Waals surface area contributed by atoms with E-state index in [0.29, 0.717) is 13.0 Å². The fourth-order valence-corrected chi connectivity index (χ4v) is 1.63. The highest BCUT2D eigenvalue weighted by Crippen LogP contribution is 2.13. The number of nitrogens with one attached hydrogen (secondary N) is 1. The van der Waals surface area contributed by atoms with E-state index in [4.69, 9.17) is 10.5 Å². The van der Waals surface area contributed by atoms with E-state index in [9.17, 15) is 4.79 Å². The quantitative estimate of drug-likeness (QED) is 0.805. The summed E-state index contributed by atoms with van der Waals surface area (Å²) in [5.74, 6) is -0.139. The van der Waals surface area contributed by atoms with Crippen LogP contribution in [0.25, 0.3) is 0 Å². The van der Waals surface area contributed by atoms with Crippen LogP contribution in [0, 0.1) is 6.92 Å². The molecule has 4 nitrogen and oxygen atoms in total. The molecule has 0 aliphatic rings. The molecule has 2 atom stereocenters. The molecule has 0 spiro atoms. The summed E-state index contributed by atoms with van der Waals surface area (Å²) in [4.78, 5) is 11.8. The monoisotopic (exact) mass is 250 g/mol. The van der Waals surface area contributed by atoms with Crippen molar-refractivity contribution in [2.75, 3.05) is 13.7 Å². The van der Waals surface area contributed by atoms with Crippen LogP contribution in [0.2, 0.25) is 0 Å². The first-order valence-corrected chi connectivity index (χ1v) is 6.16. The molecule has 1 unspecified atom stereocenters. The average molecular weight is 250 g/mol. The maximum Gasteiger partial charge on any atom is 0.237 e. The van der Waals surface area contributed by atoms with E-state index >= 15 is 0 Å². The summed E-state index contributed by atoms with van der Waals surface area (Å²) < 4.78 is 4.91. The van der Waals surface area contributed by atoms with Gasteiger partial charge in [0.25, 0.3) is 0 Å². The van der Waals surface area contributed by atoms with E-state index < -0.39 is 6.04 Å². The standard InChI is InChI=1S/C14H22N2O2/c1-10-4-6-12(7-5-10)11(2)16-14(17)13(15)8-9-18-3/h4-7,11,13H,8-9,15H2,1-3H3,(H,16,17)/t11-,13?/m0/s1. The highest BCUT2D eigenvalue weighted by molar-refractivity contribution is 5.81. The lowest BCUT2D eigenvalue weighted by Gasteiger charge is -2.18. The SMILES string of the molecule is COCCC(N)C(=O)N[C@@H](C)c1ccc(C)cc1. The van der Waals surface area contributed by atoms with Gasteiger partial charge in [-0.25, -0.2) is 0 Å². The van der Waals surface area contributed by atoms with Gasteiger partial charge in [-0.05, 0) is 25.8 Å². The van der Waals surface area contributed by atoms with E-state index in [0.717, 1.165) is 5.56 Å². The van der Waals surface area contributed by atoms with Crippen LogP contribution in [0.15, 0.2) is 24.3 Å².